The zero-order chi connectivity index (χ0) is 25.7. The number of hydrogen-bond acceptors (Lipinski definition) is 6. The summed E-state index contributed by atoms with van der Waals surface area (Å²) in [6.45, 7) is 4.75. The van der Waals surface area contributed by atoms with Gasteiger partial charge in [0.25, 0.3) is 10.0 Å². The predicted octanol–water partition coefficient (Wildman–Crippen LogP) is 4.33. The van der Waals surface area contributed by atoms with Crippen molar-refractivity contribution in [3.63, 3.8) is 0 Å². The van der Waals surface area contributed by atoms with Crippen molar-refractivity contribution < 1.29 is 17.9 Å². The first kappa shape index (κ1) is 25.4. The number of rotatable bonds is 10. The van der Waals surface area contributed by atoms with E-state index in [-0.39, 0.29) is 23.8 Å². The number of carbonyl (C=O) groups excluding carboxylic acids is 1. The van der Waals surface area contributed by atoms with Crippen LogP contribution < -0.4 is 24.6 Å². The summed E-state index contributed by atoms with van der Waals surface area (Å²) >= 11 is 0. The van der Waals surface area contributed by atoms with Gasteiger partial charge in [0.05, 0.1) is 29.1 Å². The highest BCUT2D eigenvalue weighted by Gasteiger charge is 2.30. The number of carbonyl (C=O) groups is 1. The quantitative estimate of drug-likeness (QED) is 0.424. The van der Waals surface area contributed by atoms with Gasteiger partial charge in [-0.3, -0.25) is 9.10 Å². The molecule has 1 aliphatic rings. The third-order valence-corrected chi connectivity index (χ3v) is 7.93. The lowest BCUT2D eigenvalue weighted by atomic mass is 10.2. The SMILES string of the molecule is CCCN1c2ccccc2NC1NC(=O)CCN(c1ccc(OC)cc1)S(=O)(=O)c1ccc(C)cc1. The number of nitrogens with one attached hydrogen (secondary N) is 2. The molecule has 1 heterocycles. The predicted molar refractivity (Wildman–Crippen MR) is 143 cm³/mol. The van der Waals surface area contributed by atoms with Crippen molar-refractivity contribution in [3.05, 3.63) is 78.4 Å². The second-order valence-electron chi connectivity index (χ2n) is 8.66. The van der Waals surface area contributed by atoms with Crippen molar-refractivity contribution in [2.75, 3.05) is 34.7 Å². The van der Waals surface area contributed by atoms with E-state index in [1.807, 2.05) is 31.2 Å². The van der Waals surface area contributed by atoms with E-state index in [0.717, 1.165) is 29.9 Å². The van der Waals surface area contributed by atoms with Gasteiger partial charge in [-0.15, -0.1) is 0 Å². The van der Waals surface area contributed by atoms with Crippen molar-refractivity contribution in [1.82, 2.24) is 5.32 Å². The first-order chi connectivity index (χ1) is 17.3. The van der Waals surface area contributed by atoms with E-state index in [1.165, 1.54) is 4.31 Å². The Bertz CT molecular complexity index is 1290. The summed E-state index contributed by atoms with van der Waals surface area (Å²) in [4.78, 5) is 15.3. The lowest BCUT2D eigenvalue weighted by Crippen LogP contribution is -2.50. The van der Waals surface area contributed by atoms with Crippen molar-refractivity contribution >= 4 is 33.0 Å². The van der Waals surface area contributed by atoms with E-state index in [1.54, 1.807) is 55.6 Å². The molecule has 2 N–H and O–H groups in total. The number of hydrogen-bond donors (Lipinski definition) is 2. The maximum Gasteiger partial charge on any atom is 0.264 e. The van der Waals surface area contributed by atoms with Crippen LogP contribution in [-0.2, 0) is 14.8 Å². The van der Waals surface area contributed by atoms with Crippen LogP contribution in [0.4, 0.5) is 17.1 Å². The highest BCUT2D eigenvalue weighted by Crippen LogP contribution is 2.33. The molecular formula is C27H32N4O4S. The van der Waals surface area contributed by atoms with Crippen LogP contribution in [0.3, 0.4) is 0 Å². The van der Waals surface area contributed by atoms with Gasteiger partial charge in [-0.1, -0.05) is 36.8 Å². The molecule has 0 aliphatic carbocycles. The smallest absolute Gasteiger partial charge is 0.264 e. The Hall–Kier alpha value is -3.72. The monoisotopic (exact) mass is 508 g/mol. The molecule has 8 nitrogen and oxygen atoms in total. The Morgan fingerprint density at radius 3 is 2.42 bits per heavy atom. The van der Waals surface area contributed by atoms with Gasteiger partial charge in [-0.05, 0) is 61.9 Å². The summed E-state index contributed by atoms with van der Waals surface area (Å²) in [7, 11) is -2.34. The third-order valence-electron chi connectivity index (χ3n) is 6.09. The minimum atomic E-state index is -3.89. The second kappa shape index (κ2) is 10.9. The number of fused-ring (bicyclic) bond motifs is 1. The lowest BCUT2D eigenvalue weighted by Gasteiger charge is -2.28. The number of ether oxygens (including phenoxy) is 1. The molecule has 0 radical (unpaired) electrons. The summed E-state index contributed by atoms with van der Waals surface area (Å²) in [6, 6.07) is 21.4. The fourth-order valence-electron chi connectivity index (χ4n) is 4.22. The van der Waals surface area contributed by atoms with Gasteiger partial charge in [-0.2, -0.15) is 0 Å². The minimum Gasteiger partial charge on any atom is -0.497 e. The number of benzene rings is 3. The van der Waals surface area contributed by atoms with Gasteiger partial charge >= 0.3 is 0 Å². The first-order valence-electron chi connectivity index (χ1n) is 12.0. The number of sulfonamides is 1. The van der Waals surface area contributed by atoms with Gasteiger partial charge in [0.2, 0.25) is 5.91 Å². The number of para-hydroxylation sites is 2. The molecule has 9 heteroatoms. The van der Waals surface area contributed by atoms with E-state index in [2.05, 4.69) is 22.5 Å². The summed E-state index contributed by atoms with van der Waals surface area (Å²) in [5.74, 6) is 0.367. The van der Waals surface area contributed by atoms with Crippen LogP contribution in [-0.4, -0.2) is 40.8 Å². The number of methoxy groups -OCH3 is 1. The van der Waals surface area contributed by atoms with Crippen LogP contribution in [0.5, 0.6) is 5.75 Å². The molecule has 4 rings (SSSR count). The Labute approximate surface area is 212 Å². The van der Waals surface area contributed by atoms with Gasteiger partial charge in [0.1, 0.15) is 5.75 Å². The molecule has 0 spiro atoms. The van der Waals surface area contributed by atoms with Gasteiger partial charge in [0.15, 0.2) is 6.29 Å². The topological polar surface area (TPSA) is 91.0 Å². The molecule has 0 bridgehead atoms. The largest absolute Gasteiger partial charge is 0.497 e. The van der Waals surface area contributed by atoms with E-state index in [9.17, 15) is 13.2 Å². The highest BCUT2D eigenvalue weighted by atomic mass is 32.2. The molecule has 1 unspecified atom stereocenters. The van der Waals surface area contributed by atoms with E-state index in [0.29, 0.717) is 11.4 Å². The summed E-state index contributed by atoms with van der Waals surface area (Å²) in [5, 5.41) is 6.36. The maximum absolute atomic E-state index is 13.6. The number of anilines is 3. The highest BCUT2D eigenvalue weighted by molar-refractivity contribution is 7.92. The van der Waals surface area contributed by atoms with Crippen molar-refractivity contribution in [1.29, 1.82) is 0 Å². The summed E-state index contributed by atoms with van der Waals surface area (Å²) in [6.07, 6.45) is 0.520. The molecular weight excluding hydrogens is 476 g/mol. The molecule has 36 heavy (non-hydrogen) atoms. The van der Waals surface area contributed by atoms with E-state index in [4.69, 9.17) is 4.74 Å². The lowest BCUT2D eigenvalue weighted by molar-refractivity contribution is -0.121. The number of nitrogens with zero attached hydrogens (tertiary/aromatic N) is 2. The Morgan fingerprint density at radius 1 is 1.06 bits per heavy atom. The molecule has 190 valence electrons. The molecule has 3 aromatic rings. The number of amides is 1. The van der Waals surface area contributed by atoms with Gasteiger partial charge in [0, 0.05) is 19.5 Å². The Morgan fingerprint density at radius 2 is 1.75 bits per heavy atom. The van der Waals surface area contributed by atoms with Crippen molar-refractivity contribution in [2.45, 2.75) is 37.9 Å². The third kappa shape index (κ3) is 5.41. The van der Waals surface area contributed by atoms with Crippen LogP contribution in [0.25, 0.3) is 0 Å². The van der Waals surface area contributed by atoms with Crippen LogP contribution >= 0.6 is 0 Å². The number of aryl methyl sites for hydroxylation is 1. The molecule has 0 fully saturated rings. The normalized spacial score (nSPS) is 14.6. The maximum atomic E-state index is 13.6. The molecule has 1 atom stereocenters. The molecule has 1 aliphatic heterocycles. The van der Waals surface area contributed by atoms with E-state index < -0.39 is 16.3 Å². The fourth-order valence-corrected chi connectivity index (χ4v) is 5.68. The first-order valence-corrected chi connectivity index (χ1v) is 13.4. The van der Waals surface area contributed by atoms with Gasteiger partial charge < -0.3 is 20.3 Å². The summed E-state index contributed by atoms with van der Waals surface area (Å²) in [5.41, 5.74) is 3.42. The zero-order valence-corrected chi connectivity index (χ0v) is 21.6. The van der Waals surface area contributed by atoms with Crippen LogP contribution in [0.1, 0.15) is 25.3 Å². The zero-order valence-electron chi connectivity index (χ0n) is 20.8. The Kier molecular flexibility index (Phi) is 7.69. The average Bonchev–Trinajstić information content (AvgIpc) is 3.21. The van der Waals surface area contributed by atoms with E-state index >= 15 is 0 Å². The Balaban J connectivity index is 1.52. The summed E-state index contributed by atoms with van der Waals surface area (Å²) < 4.78 is 33.7. The van der Waals surface area contributed by atoms with Crippen molar-refractivity contribution in [3.8, 4) is 5.75 Å². The van der Waals surface area contributed by atoms with Gasteiger partial charge in [-0.25, -0.2) is 8.42 Å². The molecule has 3 aromatic carbocycles. The molecule has 0 saturated heterocycles. The van der Waals surface area contributed by atoms with Crippen LogP contribution in [0.15, 0.2) is 77.7 Å². The minimum absolute atomic E-state index is 0.00832. The average molecular weight is 509 g/mol. The molecule has 0 aromatic heterocycles. The standard InChI is InChI=1S/C27H32N4O4S/c1-4-18-30-25-8-6-5-7-24(25)28-27(30)29-26(32)17-19-31(21-11-13-22(35-3)14-12-21)36(33,34)23-15-9-20(2)10-16-23/h5-16,27-28H,4,17-19H2,1-3H3,(H,29,32). The van der Waals surface area contributed by atoms with Crippen molar-refractivity contribution in [2.24, 2.45) is 0 Å². The second-order valence-corrected chi connectivity index (χ2v) is 10.5. The van der Waals surface area contributed by atoms with Crippen LogP contribution in [0.2, 0.25) is 0 Å². The molecule has 0 saturated carbocycles. The van der Waals surface area contributed by atoms with Crippen LogP contribution in [0, 0.1) is 6.92 Å². The molecule has 1 amide bonds. The fraction of sp³-hybridized carbons (Fsp3) is 0.296.